The first-order valence-corrected chi connectivity index (χ1v) is 4.06. The summed E-state index contributed by atoms with van der Waals surface area (Å²) in [4.78, 5) is 0. The molecule has 0 aromatic heterocycles. The van der Waals surface area contributed by atoms with E-state index in [9.17, 15) is 5.11 Å². The van der Waals surface area contributed by atoms with E-state index in [2.05, 4.69) is 0 Å². The molecule has 0 aromatic carbocycles. The van der Waals surface area contributed by atoms with E-state index in [1.165, 1.54) is 0 Å². The van der Waals surface area contributed by atoms with Crippen molar-refractivity contribution in [1.82, 2.24) is 0 Å². The second-order valence-electron chi connectivity index (χ2n) is 3.00. The Balaban J connectivity index is 2.48. The van der Waals surface area contributed by atoms with Gasteiger partial charge >= 0.3 is 0 Å². The molecule has 4 heteroatoms. The van der Waals surface area contributed by atoms with Crippen LogP contribution in [0.2, 0.25) is 0 Å². The summed E-state index contributed by atoms with van der Waals surface area (Å²) in [5, 5.41) is 9.62. The van der Waals surface area contributed by atoms with E-state index in [-0.39, 0.29) is 18.3 Å². The molecule has 1 N–H and O–H groups in total. The highest BCUT2D eigenvalue weighted by molar-refractivity contribution is 4.87. The molecular formula is C8H16O4. The number of aliphatic hydroxyl groups excluding tert-OH is 1. The summed E-state index contributed by atoms with van der Waals surface area (Å²) in [6.07, 6.45) is -1.15. The fourth-order valence-corrected chi connectivity index (χ4v) is 1.37. The van der Waals surface area contributed by atoms with Crippen molar-refractivity contribution < 1.29 is 19.3 Å². The molecule has 1 fully saturated rings. The molecule has 1 rings (SSSR count). The van der Waals surface area contributed by atoms with Crippen LogP contribution >= 0.6 is 0 Å². The Morgan fingerprint density at radius 2 is 2.17 bits per heavy atom. The maximum absolute atomic E-state index is 9.62. The van der Waals surface area contributed by atoms with Gasteiger partial charge in [0.05, 0.1) is 12.7 Å². The molecule has 12 heavy (non-hydrogen) atoms. The highest BCUT2D eigenvalue weighted by Crippen LogP contribution is 2.20. The minimum atomic E-state index is -0.579. The predicted molar refractivity (Wildman–Crippen MR) is 43.0 cm³/mol. The quantitative estimate of drug-likeness (QED) is 0.646. The van der Waals surface area contributed by atoms with Crippen molar-refractivity contribution in [3.8, 4) is 0 Å². The topological polar surface area (TPSA) is 47.9 Å². The van der Waals surface area contributed by atoms with E-state index in [1.54, 1.807) is 14.2 Å². The van der Waals surface area contributed by atoms with Crippen LogP contribution in [0.25, 0.3) is 0 Å². The number of hydrogen-bond acceptors (Lipinski definition) is 4. The zero-order chi connectivity index (χ0) is 9.14. The lowest BCUT2D eigenvalue weighted by Gasteiger charge is -2.21. The van der Waals surface area contributed by atoms with E-state index in [1.807, 2.05) is 6.92 Å². The van der Waals surface area contributed by atoms with Crippen molar-refractivity contribution >= 4 is 0 Å². The van der Waals surface area contributed by atoms with Crippen molar-refractivity contribution in [2.75, 3.05) is 20.8 Å². The number of ether oxygens (including phenoxy) is 3. The van der Waals surface area contributed by atoms with Gasteiger partial charge in [-0.3, -0.25) is 0 Å². The van der Waals surface area contributed by atoms with E-state index < -0.39 is 6.10 Å². The predicted octanol–water partition coefficient (Wildman–Crippen LogP) is -0.204. The van der Waals surface area contributed by atoms with Gasteiger partial charge in [-0.25, -0.2) is 0 Å². The molecule has 0 aromatic rings. The smallest absolute Gasteiger partial charge is 0.112 e. The molecule has 0 amide bonds. The normalized spacial score (nSPS) is 38.5. The SMILES string of the molecule is CO[C@@H](C)[C@H]1OC[C@@H](OC)[C@@H]1O. The Hall–Kier alpha value is -0.160. The standard InChI is InChI=1S/C8H16O4/c1-5(10-2)8-7(9)6(11-3)4-12-8/h5-9H,4H2,1-3H3/t5-,6+,7-,8+/m0/s1. The minimum Gasteiger partial charge on any atom is -0.387 e. The van der Waals surface area contributed by atoms with Gasteiger partial charge in [-0.15, -0.1) is 0 Å². The van der Waals surface area contributed by atoms with Crippen molar-refractivity contribution in [2.24, 2.45) is 0 Å². The molecule has 1 saturated heterocycles. The zero-order valence-corrected chi connectivity index (χ0v) is 7.69. The van der Waals surface area contributed by atoms with Gasteiger partial charge in [-0.2, -0.15) is 0 Å². The monoisotopic (exact) mass is 176 g/mol. The van der Waals surface area contributed by atoms with E-state index in [0.717, 1.165) is 0 Å². The van der Waals surface area contributed by atoms with Crippen molar-refractivity contribution in [3.63, 3.8) is 0 Å². The summed E-state index contributed by atoms with van der Waals surface area (Å²) in [5.74, 6) is 0. The van der Waals surface area contributed by atoms with Gasteiger partial charge in [0.1, 0.15) is 18.3 Å². The Labute approximate surface area is 72.4 Å². The fraction of sp³-hybridized carbons (Fsp3) is 1.00. The number of rotatable bonds is 3. The van der Waals surface area contributed by atoms with Crippen LogP contribution in [0.1, 0.15) is 6.92 Å². The molecule has 4 atom stereocenters. The Morgan fingerprint density at radius 3 is 2.58 bits per heavy atom. The maximum atomic E-state index is 9.62. The summed E-state index contributed by atoms with van der Waals surface area (Å²) in [7, 11) is 3.16. The molecule has 1 aliphatic heterocycles. The third-order valence-corrected chi connectivity index (χ3v) is 2.31. The van der Waals surface area contributed by atoms with Crippen LogP contribution in [0.4, 0.5) is 0 Å². The number of hydrogen-bond donors (Lipinski definition) is 1. The van der Waals surface area contributed by atoms with Crippen molar-refractivity contribution in [2.45, 2.75) is 31.3 Å². The van der Waals surface area contributed by atoms with Gasteiger partial charge in [0.2, 0.25) is 0 Å². The van der Waals surface area contributed by atoms with Crippen LogP contribution < -0.4 is 0 Å². The van der Waals surface area contributed by atoms with E-state index in [0.29, 0.717) is 6.61 Å². The summed E-state index contributed by atoms with van der Waals surface area (Å²) in [6, 6.07) is 0. The second-order valence-corrected chi connectivity index (χ2v) is 3.00. The first-order valence-electron chi connectivity index (χ1n) is 4.06. The Bertz CT molecular complexity index is 139. The molecule has 0 spiro atoms. The molecule has 0 unspecified atom stereocenters. The average Bonchev–Trinajstić information content (AvgIpc) is 2.45. The van der Waals surface area contributed by atoms with Crippen molar-refractivity contribution in [1.29, 1.82) is 0 Å². The van der Waals surface area contributed by atoms with Crippen LogP contribution in [-0.4, -0.2) is 50.3 Å². The first-order chi connectivity index (χ1) is 5.70. The summed E-state index contributed by atoms with van der Waals surface area (Å²) in [5.41, 5.74) is 0. The van der Waals surface area contributed by atoms with Gasteiger partial charge in [-0.05, 0) is 6.92 Å². The molecule has 72 valence electrons. The molecule has 0 bridgehead atoms. The van der Waals surface area contributed by atoms with E-state index in [4.69, 9.17) is 14.2 Å². The third-order valence-electron chi connectivity index (χ3n) is 2.31. The first kappa shape index (κ1) is 9.92. The Morgan fingerprint density at radius 1 is 1.50 bits per heavy atom. The van der Waals surface area contributed by atoms with E-state index >= 15 is 0 Å². The molecule has 4 nitrogen and oxygen atoms in total. The molecule has 0 radical (unpaired) electrons. The molecule has 0 aliphatic carbocycles. The van der Waals surface area contributed by atoms with Crippen LogP contribution in [-0.2, 0) is 14.2 Å². The lowest BCUT2D eigenvalue weighted by atomic mass is 10.1. The highest BCUT2D eigenvalue weighted by atomic mass is 16.6. The second kappa shape index (κ2) is 4.18. The molecule has 0 saturated carbocycles. The minimum absolute atomic E-state index is 0.0971. The lowest BCUT2D eigenvalue weighted by molar-refractivity contribution is -0.0617. The van der Waals surface area contributed by atoms with Crippen LogP contribution in [0, 0.1) is 0 Å². The zero-order valence-electron chi connectivity index (χ0n) is 7.69. The van der Waals surface area contributed by atoms with Crippen LogP contribution in [0.5, 0.6) is 0 Å². The van der Waals surface area contributed by atoms with Crippen LogP contribution in [0.15, 0.2) is 0 Å². The van der Waals surface area contributed by atoms with Crippen molar-refractivity contribution in [3.05, 3.63) is 0 Å². The van der Waals surface area contributed by atoms with Gasteiger partial charge in [0.15, 0.2) is 0 Å². The lowest BCUT2D eigenvalue weighted by Crippen LogP contribution is -2.38. The van der Waals surface area contributed by atoms with Gasteiger partial charge < -0.3 is 19.3 Å². The molecule has 1 heterocycles. The summed E-state index contributed by atoms with van der Waals surface area (Å²) >= 11 is 0. The number of methoxy groups -OCH3 is 2. The summed E-state index contributed by atoms with van der Waals surface area (Å²) < 4.78 is 15.4. The maximum Gasteiger partial charge on any atom is 0.112 e. The number of aliphatic hydroxyl groups is 1. The molecular weight excluding hydrogens is 160 g/mol. The summed E-state index contributed by atoms with van der Waals surface area (Å²) in [6.45, 7) is 2.31. The average molecular weight is 176 g/mol. The van der Waals surface area contributed by atoms with Crippen LogP contribution in [0.3, 0.4) is 0 Å². The largest absolute Gasteiger partial charge is 0.387 e. The van der Waals surface area contributed by atoms with Gasteiger partial charge in [0.25, 0.3) is 0 Å². The molecule has 1 aliphatic rings. The fourth-order valence-electron chi connectivity index (χ4n) is 1.37. The van der Waals surface area contributed by atoms with Gasteiger partial charge in [-0.1, -0.05) is 0 Å². The third kappa shape index (κ3) is 1.77. The van der Waals surface area contributed by atoms with Gasteiger partial charge in [0, 0.05) is 14.2 Å². The Kier molecular flexibility index (Phi) is 3.46. The highest BCUT2D eigenvalue weighted by Gasteiger charge is 2.39.